The minimum Gasteiger partial charge on any atom is -0.319 e. The van der Waals surface area contributed by atoms with Gasteiger partial charge in [-0.25, -0.2) is 4.98 Å². The molecule has 4 heteroatoms. The third kappa shape index (κ3) is 2.18. The van der Waals surface area contributed by atoms with E-state index < -0.39 is 0 Å². The zero-order valence-electron chi connectivity index (χ0n) is 11.3. The topological polar surface area (TPSA) is 67.6 Å². The molecule has 3 N–H and O–H groups in total. The van der Waals surface area contributed by atoms with Crippen LogP contribution in [0.1, 0.15) is 75.9 Å². The summed E-state index contributed by atoms with van der Waals surface area (Å²) < 4.78 is 0. The van der Waals surface area contributed by atoms with Crippen molar-refractivity contribution in [1.82, 2.24) is 15.2 Å². The highest BCUT2D eigenvalue weighted by Gasteiger charge is 2.36. The maximum atomic E-state index is 6.54. The van der Waals surface area contributed by atoms with Crippen LogP contribution in [0.25, 0.3) is 0 Å². The maximum absolute atomic E-state index is 6.54. The Morgan fingerprint density at radius 3 is 2.72 bits per heavy atom. The van der Waals surface area contributed by atoms with Crippen LogP contribution in [0, 0.1) is 5.92 Å². The number of hydrogen-bond acceptors (Lipinski definition) is 3. The van der Waals surface area contributed by atoms with Crippen molar-refractivity contribution in [2.75, 3.05) is 0 Å². The van der Waals surface area contributed by atoms with Gasteiger partial charge in [-0.3, -0.25) is 5.10 Å². The molecule has 3 rings (SSSR count). The number of H-pyrrole nitrogens is 1. The van der Waals surface area contributed by atoms with Gasteiger partial charge in [0.05, 0.1) is 5.54 Å². The van der Waals surface area contributed by atoms with E-state index in [9.17, 15) is 0 Å². The number of rotatable bonds is 2. The highest BCUT2D eigenvalue weighted by Crippen LogP contribution is 2.37. The van der Waals surface area contributed by atoms with E-state index in [1.807, 2.05) is 0 Å². The van der Waals surface area contributed by atoms with Gasteiger partial charge in [-0.1, -0.05) is 32.6 Å². The van der Waals surface area contributed by atoms with Crippen molar-refractivity contribution < 1.29 is 0 Å². The monoisotopic (exact) mass is 248 g/mol. The average molecular weight is 248 g/mol. The van der Waals surface area contributed by atoms with Crippen LogP contribution in [0.3, 0.4) is 0 Å². The standard InChI is InChI=1S/C14H24N4/c1-10-5-4-8-14(15,9-10)13-16-12(17-18-13)11-6-2-3-7-11/h10-11H,2-9,15H2,1H3,(H,16,17,18). The molecule has 2 aliphatic rings. The maximum Gasteiger partial charge on any atom is 0.170 e. The van der Waals surface area contributed by atoms with E-state index in [0.29, 0.717) is 11.8 Å². The van der Waals surface area contributed by atoms with Gasteiger partial charge in [0.1, 0.15) is 5.82 Å². The Bertz CT molecular complexity index is 408. The smallest absolute Gasteiger partial charge is 0.170 e. The summed E-state index contributed by atoms with van der Waals surface area (Å²) in [7, 11) is 0. The van der Waals surface area contributed by atoms with Gasteiger partial charge in [0, 0.05) is 5.92 Å². The summed E-state index contributed by atoms with van der Waals surface area (Å²) in [6, 6.07) is 0. The minimum atomic E-state index is -0.287. The average Bonchev–Trinajstić information content (AvgIpc) is 3.00. The molecule has 2 saturated carbocycles. The molecule has 0 aromatic carbocycles. The molecule has 0 aliphatic heterocycles. The lowest BCUT2D eigenvalue weighted by atomic mass is 9.76. The Balaban J connectivity index is 1.79. The highest BCUT2D eigenvalue weighted by atomic mass is 15.2. The molecule has 0 spiro atoms. The summed E-state index contributed by atoms with van der Waals surface area (Å²) in [6.07, 6.45) is 9.69. The van der Waals surface area contributed by atoms with E-state index in [4.69, 9.17) is 10.7 Å². The molecule has 2 atom stereocenters. The Kier molecular flexibility index (Phi) is 3.14. The van der Waals surface area contributed by atoms with Crippen molar-refractivity contribution in [1.29, 1.82) is 0 Å². The second-order valence-corrected chi connectivity index (χ2v) is 6.38. The van der Waals surface area contributed by atoms with Gasteiger partial charge in [0.15, 0.2) is 5.82 Å². The van der Waals surface area contributed by atoms with Gasteiger partial charge in [0.25, 0.3) is 0 Å². The number of nitrogens with one attached hydrogen (secondary N) is 1. The van der Waals surface area contributed by atoms with Crippen molar-refractivity contribution in [3.05, 3.63) is 11.6 Å². The van der Waals surface area contributed by atoms with Crippen LogP contribution in [-0.2, 0) is 5.54 Å². The fourth-order valence-corrected chi connectivity index (χ4v) is 3.67. The fraction of sp³-hybridized carbons (Fsp3) is 0.857. The van der Waals surface area contributed by atoms with Crippen LogP contribution in [0.4, 0.5) is 0 Å². The van der Waals surface area contributed by atoms with Crippen molar-refractivity contribution in [2.45, 2.75) is 69.7 Å². The Morgan fingerprint density at radius 1 is 1.22 bits per heavy atom. The van der Waals surface area contributed by atoms with Crippen molar-refractivity contribution in [2.24, 2.45) is 11.7 Å². The van der Waals surface area contributed by atoms with E-state index in [2.05, 4.69) is 17.1 Å². The molecule has 0 bridgehead atoms. The zero-order valence-corrected chi connectivity index (χ0v) is 11.3. The lowest BCUT2D eigenvalue weighted by molar-refractivity contribution is 0.228. The summed E-state index contributed by atoms with van der Waals surface area (Å²) in [5.41, 5.74) is 6.25. The summed E-state index contributed by atoms with van der Waals surface area (Å²) in [6.45, 7) is 2.28. The molecule has 18 heavy (non-hydrogen) atoms. The molecule has 0 amide bonds. The quantitative estimate of drug-likeness (QED) is 0.845. The van der Waals surface area contributed by atoms with Gasteiger partial charge in [-0.05, 0) is 31.6 Å². The van der Waals surface area contributed by atoms with Crippen LogP contribution in [-0.4, -0.2) is 15.2 Å². The molecular formula is C14H24N4. The Hall–Kier alpha value is -0.900. The molecule has 4 nitrogen and oxygen atoms in total. The largest absolute Gasteiger partial charge is 0.319 e. The number of aromatic nitrogens is 3. The summed E-state index contributed by atoms with van der Waals surface area (Å²) in [5, 5.41) is 7.57. The second-order valence-electron chi connectivity index (χ2n) is 6.38. The number of nitrogens with zero attached hydrogens (tertiary/aromatic N) is 2. The lowest BCUT2D eigenvalue weighted by Crippen LogP contribution is -2.42. The van der Waals surface area contributed by atoms with Crippen molar-refractivity contribution in [3.63, 3.8) is 0 Å². The van der Waals surface area contributed by atoms with Gasteiger partial charge in [-0.2, -0.15) is 5.10 Å². The van der Waals surface area contributed by atoms with Crippen LogP contribution in [0.15, 0.2) is 0 Å². The van der Waals surface area contributed by atoms with Gasteiger partial charge in [-0.15, -0.1) is 0 Å². The molecule has 1 aromatic heterocycles. The first-order valence-electron chi connectivity index (χ1n) is 7.39. The lowest BCUT2D eigenvalue weighted by Gasteiger charge is -2.34. The molecule has 2 aliphatic carbocycles. The highest BCUT2D eigenvalue weighted by molar-refractivity contribution is 5.10. The number of aromatic amines is 1. The van der Waals surface area contributed by atoms with E-state index in [1.54, 1.807) is 0 Å². The third-order valence-electron chi connectivity index (χ3n) is 4.72. The molecule has 0 radical (unpaired) electrons. The minimum absolute atomic E-state index is 0.287. The van der Waals surface area contributed by atoms with Gasteiger partial charge in [0.2, 0.25) is 0 Å². The summed E-state index contributed by atoms with van der Waals surface area (Å²) >= 11 is 0. The first-order valence-corrected chi connectivity index (χ1v) is 7.39. The van der Waals surface area contributed by atoms with Crippen molar-refractivity contribution >= 4 is 0 Å². The van der Waals surface area contributed by atoms with E-state index in [-0.39, 0.29) is 5.54 Å². The predicted molar refractivity (Wildman–Crippen MR) is 71.1 cm³/mol. The van der Waals surface area contributed by atoms with Crippen LogP contribution in [0.2, 0.25) is 0 Å². The number of nitrogens with two attached hydrogens (primary N) is 1. The molecule has 0 saturated heterocycles. The molecule has 2 fully saturated rings. The van der Waals surface area contributed by atoms with E-state index in [1.165, 1.54) is 38.5 Å². The van der Waals surface area contributed by atoms with E-state index in [0.717, 1.165) is 24.5 Å². The summed E-state index contributed by atoms with van der Waals surface area (Å²) in [4.78, 5) is 4.73. The number of hydrogen-bond donors (Lipinski definition) is 2. The third-order valence-corrected chi connectivity index (χ3v) is 4.72. The van der Waals surface area contributed by atoms with Crippen molar-refractivity contribution in [3.8, 4) is 0 Å². The molecular weight excluding hydrogens is 224 g/mol. The Morgan fingerprint density at radius 2 is 2.00 bits per heavy atom. The first kappa shape index (κ1) is 12.2. The van der Waals surface area contributed by atoms with E-state index >= 15 is 0 Å². The molecule has 100 valence electrons. The SMILES string of the molecule is CC1CCCC(N)(c2n[nH]c(C3CCCC3)n2)C1. The molecule has 1 aromatic rings. The zero-order chi connectivity index (χ0) is 12.6. The predicted octanol–water partition coefficient (Wildman–Crippen LogP) is 2.83. The fourth-order valence-electron chi connectivity index (χ4n) is 3.67. The van der Waals surface area contributed by atoms with Crippen LogP contribution >= 0.6 is 0 Å². The summed E-state index contributed by atoms with van der Waals surface area (Å²) in [5.74, 6) is 3.22. The van der Waals surface area contributed by atoms with Crippen LogP contribution in [0.5, 0.6) is 0 Å². The molecule has 2 unspecified atom stereocenters. The first-order chi connectivity index (χ1) is 8.67. The molecule has 1 heterocycles. The second kappa shape index (κ2) is 4.65. The van der Waals surface area contributed by atoms with Gasteiger partial charge < -0.3 is 5.73 Å². The Labute approximate surface area is 109 Å². The normalized spacial score (nSPS) is 34.0. The van der Waals surface area contributed by atoms with Gasteiger partial charge >= 0.3 is 0 Å². The van der Waals surface area contributed by atoms with Crippen LogP contribution < -0.4 is 5.73 Å².